The van der Waals surface area contributed by atoms with Gasteiger partial charge in [0, 0.05) is 147 Å². The molecule has 4 N–H and O–H groups in total. The van der Waals surface area contributed by atoms with E-state index in [1.54, 1.807) is 24.2 Å². The summed E-state index contributed by atoms with van der Waals surface area (Å²) in [6.07, 6.45) is -1.70. The Bertz CT molecular complexity index is 4320. The minimum Gasteiger partial charge on any atom is -0.355 e. The molecule has 97 heavy (non-hydrogen) atoms. The maximum Gasteiger partial charge on any atom is 0.411 e. The molecule has 8 atom stereocenters. The van der Waals surface area contributed by atoms with Crippen LogP contribution in [0.2, 0.25) is 0 Å². The fraction of sp³-hybridized carbons (Fsp3) is 0.432. The largest absolute Gasteiger partial charge is 0.411 e. The standard InChI is InChI=1S/C43H42F6N2O2.C38H46N2O2.2Ar/c1-21-19-32-34(24(4)23(21)3)37-31-10-8-7-9-30(31)36(32)33-20-22(2)38(25(5)35(33)37)51-40(53)27-13-17-29(18-14-27)41(42(44,45)46,43(47,48)49)28-15-11-26(12-16-28)39(52)50-6;1-19-14-29-31(22(4)21(19)3)34-28-13-11-10-12-27(28)33(29)30-15-20(2)35(23(5)32(30)34)40-37(42)25-16-24(36(41)39-9)17-26(18-25)38(6,7)8;;/h11-20,30-31,36-37H,7-10H2,1-6H3,(H,50,52)(H,51,53);14-18,27-28,33-34H,10-13H2,1-9H3,(H,39,41)(H,40,42);;. The molecule has 0 radical (unpaired) electrons. The number of anilines is 2. The summed E-state index contributed by atoms with van der Waals surface area (Å²) in [5.41, 5.74) is 20.2. The fourth-order valence-electron chi connectivity index (χ4n) is 18.5. The van der Waals surface area contributed by atoms with E-state index in [0.717, 1.165) is 58.6 Å². The average Bonchev–Trinajstić information content (AvgIpc) is 0.702. The number of carbonyl (C=O) groups is 4. The van der Waals surface area contributed by atoms with Crippen LogP contribution in [0.15, 0.2) is 91.0 Å². The van der Waals surface area contributed by atoms with E-state index in [4.69, 9.17) is 0 Å². The van der Waals surface area contributed by atoms with Gasteiger partial charge in [0.1, 0.15) is 0 Å². The number of amides is 4. The molecule has 7 aromatic rings. The van der Waals surface area contributed by atoms with Crippen molar-refractivity contribution in [2.75, 3.05) is 24.7 Å². The molecule has 8 aliphatic carbocycles. The summed E-state index contributed by atoms with van der Waals surface area (Å²) >= 11 is 0. The van der Waals surface area contributed by atoms with Gasteiger partial charge >= 0.3 is 12.4 Å². The Balaban J connectivity index is 0.000000212. The second-order valence-electron chi connectivity index (χ2n) is 29.4. The summed E-state index contributed by atoms with van der Waals surface area (Å²) in [5, 5.41) is 11.3. The van der Waals surface area contributed by atoms with Crippen molar-refractivity contribution in [2.24, 2.45) is 23.7 Å². The van der Waals surface area contributed by atoms with Gasteiger partial charge in [-0.3, -0.25) is 19.2 Å². The summed E-state index contributed by atoms with van der Waals surface area (Å²) in [6, 6.07) is 21.6. The second kappa shape index (κ2) is 27.5. The SMILES string of the molecule is CNC(=O)c1cc(C(=O)Nc2c(C)cc3c(c2C)C2c4c(cc(C)c(C)c4C)C3C3CCCCC23)cc(C(C)(C)C)c1.CNC(=O)c1ccc(C(c2ccc(C(=O)Nc3c(C)cc4c(c3C)C3c5c(cc(C)c(C)c5C)C4C4CCCCC34)cc2)(C(F)(F)F)C(F)(F)F)cc1.[Ar].[Ar]. The van der Waals surface area contributed by atoms with Gasteiger partial charge in [0.25, 0.3) is 23.6 Å². The summed E-state index contributed by atoms with van der Waals surface area (Å²) in [4.78, 5) is 52.3. The van der Waals surface area contributed by atoms with Crippen molar-refractivity contribution >= 4 is 35.0 Å². The first-order valence-corrected chi connectivity index (χ1v) is 33.8. The molecule has 2 fully saturated rings. The molecule has 0 heterocycles. The van der Waals surface area contributed by atoms with Crippen molar-refractivity contribution in [1.82, 2.24) is 10.6 Å². The summed E-state index contributed by atoms with van der Waals surface area (Å²) in [5.74, 6) is 1.98. The van der Waals surface area contributed by atoms with Gasteiger partial charge in [0.2, 0.25) is 5.41 Å². The summed E-state index contributed by atoms with van der Waals surface area (Å²) in [6.45, 7) is 28.0. The molecule has 4 bridgehead atoms. The minimum absolute atomic E-state index is 0. The monoisotopic (exact) mass is 1370 g/mol. The first-order valence-electron chi connectivity index (χ1n) is 33.8. The van der Waals surface area contributed by atoms with Crippen LogP contribution in [0.3, 0.4) is 0 Å². The van der Waals surface area contributed by atoms with Crippen molar-refractivity contribution in [3.8, 4) is 0 Å². The summed E-state index contributed by atoms with van der Waals surface area (Å²) in [7, 11) is 2.92. The number of hydrogen-bond donors (Lipinski definition) is 4. The number of alkyl halides is 6. The zero-order valence-corrected chi connectivity index (χ0v) is 59.5. The Kier molecular flexibility index (Phi) is 21.0. The van der Waals surface area contributed by atoms with E-state index in [2.05, 4.69) is 122 Å². The third kappa shape index (κ3) is 12.3. The van der Waals surface area contributed by atoms with Crippen molar-refractivity contribution < 1.29 is 121 Å². The van der Waals surface area contributed by atoms with Crippen LogP contribution in [-0.2, 0) is 10.8 Å². The molecular formula is C81H88Ar2F6N4O4. The van der Waals surface area contributed by atoms with E-state index in [9.17, 15) is 45.5 Å². The van der Waals surface area contributed by atoms with E-state index in [1.165, 1.54) is 124 Å². The van der Waals surface area contributed by atoms with E-state index in [0.29, 0.717) is 76.6 Å². The molecule has 15 rings (SSSR count). The number of hydrogen-bond acceptors (Lipinski definition) is 4. The number of aryl methyl sites for hydroxylation is 4. The van der Waals surface area contributed by atoms with Crippen molar-refractivity contribution in [3.05, 3.63) is 230 Å². The number of benzene rings is 7. The first-order chi connectivity index (χ1) is 44.8. The van der Waals surface area contributed by atoms with Crippen LogP contribution in [0.25, 0.3) is 0 Å². The normalized spacial score (nSPS) is 20.9. The van der Waals surface area contributed by atoms with Crippen LogP contribution in [0.4, 0.5) is 37.7 Å². The molecular weight excluding hydrogens is 1290 g/mol. The molecule has 2 saturated carbocycles. The Morgan fingerprint density at radius 3 is 1.00 bits per heavy atom. The Labute approximate surface area is 627 Å². The number of nitrogens with one attached hydrogen (secondary N) is 4. The van der Waals surface area contributed by atoms with Crippen LogP contribution in [0.5, 0.6) is 0 Å². The molecule has 4 amide bonds. The van der Waals surface area contributed by atoms with Crippen LogP contribution in [-0.4, -0.2) is 50.1 Å². The molecule has 16 heteroatoms. The molecule has 0 aliphatic heterocycles. The smallest absolute Gasteiger partial charge is 0.355 e. The van der Waals surface area contributed by atoms with Crippen LogP contribution in [0, 0.1) is 168 Å². The number of rotatable bonds is 8. The van der Waals surface area contributed by atoms with Crippen LogP contribution < -0.4 is 21.3 Å². The van der Waals surface area contributed by atoms with Gasteiger partial charge in [-0.25, -0.2) is 0 Å². The number of halogens is 6. The maximum absolute atomic E-state index is 14.8. The van der Waals surface area contributed by atoms with Gasteiger partial charge in [0.15, 0.2) is 0 Å². The third-order valence-corrected chi connectivity index (χ3v) is 23.5. The van der Waals surface area contributed by atoms with E-state index in [-0.39, 0.29) is 116 Å². The Morgan fingerprint density at radius 2 is 0.660 bits per heavy atom. The van der Waals surface area contributed by atoms with E-state index in [1.807, 2.05) is 26.0 Å². The zero-order chi connectivity index (χ0) is 68.6. The van der Waals surface area contributed by atoms with E-state index >= 15 is 0 Å². The predicted molar refractivity (Wildman–Crippen MR) is 365 cm³/mol. The average molecular weight is 1380 g/mol. The first kappa shape index (κ1) is 74.2. The predicted octanol–water partition coefficient (Wildman–Crippen LogP) is 19.2. The van der Waals surface area contributed by atoms with Crippen LogP contribution in [0.1, 0.15) is 254 Å². The Hall–Kier alpha value is -5.48. The minimum atomic E-state index is -5.81. The van der Waals surface area contributed by atoms with Gasteiger partial charge in [-0.15, -0.1) is 0 Å². The molecule has 514 valence electrons. The van der Waals surface area contributed by atoms with E-state index < -0.39 is 40.7 Å². The van der Waals surface area contributed by atoms with Crippen molar-refractivity contribution in [3.63, 3.8) is 0 Å². The third-order valence-electron chi connectivity index (χ3n) is 23.5. The summed E-state index contributed by atoms with van der Waals surface area (Å²) < 4.78 is 88.7. The van der Waals surface area contributed by atoms with Gasteiger partial charge in [-0.2, -0.15) is 26.3 Å². The van der Waals surface area contributed by atoms with Gasteiger partial charge in [0.05, 0.1) is 0 Å². The van der Waals surface area contributed by atoms with Crippen LogP contribution >= 0.6 is 0 Å². The fourth-order valence-corrected chi connectivity index (χ4v) is 18.5. The van der Waals surface area contributed by atoms with Gasteiger partial charge < -0.3 is 21.3 Å². The zero-order valence-electron chi connectivity index (χ0n) is 58.0. The van der Waals surface area contributed by atoms with Crippen molar-refractivity contribution in [1.29, 1.82) is 0 Å². The second-order valence-corrected chi connectivity index (χ2v) is 29.4. The molecule has 8 aliphatic rings. The topological polar surface area (TPSA) is 116 Å². The Morgan fingerprint density at radius 1 is 0.361 bits per heavy atom. The number of carbonyl (C=O) groups excluding carboxylic acids is 4. The maximum atomic E-state index is 14.8. The molecule has 8 unspecified atom stereocenters. The van der Waals surface area contributed by atoms with Crippen molar-refractivity contribution in [2.45, 2.75) is 188 Å². The molecule has 8 nitrogen and oxygen atoms in total. The quantitative estimate of drug-likeness (QED) is 0.113. The molecule has 0 aromatic heterocycles. The van der Waals surface area contributed by atoms with Gasteiger partial charge in [-0.1, -0.05) is 95.0 Å². The molecule has 7 aromatic carbocycles. The molecule has 0 spiro atoms. The van der Waals surface area contributed by atoms with Gasteiger partial charge in [-0.05, 0) is 283 Å². The molecule has 0 saturated heterocycles.